The molecule has 4 aromatic carbocycles. The van der Waals surface area contributed by atoms with Gasteiger partial charge in [0.2, 0.25) is 0 Å². The van der Waals surface area contributed by atoms with Gasteiger partial charge in [0.25, 0.3) is 0 Å². The lowest BCUT2D eigenvalue weighted by Crippen LogP contribution is -2.01. The van der Waals surface area contributed by atoms with Gasteiger partial charge < -0.3 is 9.05 Å². The smallest absolute Gasteiger partial charge is 0.394 e. The fourth-order valence-electron chi connectivity index (χ4n) is 5.55. The SMILES string of the molecule is Cc1cc(C)c(-c2cccc3c2OP(=O)(O)Oc2c-3cccc2-c2c(C)cc(C)cc2C)c(C)c1. The Kier molecular flexibility index (Phi) is 5.62. The van der Waals surface area contributed by atoms with E-state index in [-0.39, 0.29) is 0 Å². The van der Waals surface area contributed by atoms with E-state index in [0.29, 0.717) is 11.5 Å². The number of para-hydroxylation sites is 2. The zero-order valence-corrected chi connectivity index (χ0v) is 21.8. The minimum absolute atomic E-state index is 0.363. The average Bonchev–Trinajstić information content (AvgIpc) is 2.86. The van der Waals surface area contributed by atoms with Crippen molar-refractivity contribution >= 4 is 7.82 Å². The third kappa shape index (κ3) is 4.07. The second kappa shape index (κ2) is 8.41. The first-order chi connectivity index (χ1) is 16.6. The zero-order valence-electron chi connectivity index (χ0n) is 20.9. The van der Waals surface area contributed by atoms with Crippen LogP contribution in [0.5, 0.6) is 11.5 Å². The first-order valence-electron chi connectivity index (χ1n) is 11.7. The van der Waals surface area contributed by atoms with E-state index >= 15 is 0 Å². The minimum atomic E-state index is -4.47. The van der Waals surface area contributed by atoms with Crippen LogP contribution in [0, 0.1) is 41.5 Å². The molecule has 0 unspecified atom stereocenters. The Morgan fingerprint density at radius 3 is 1.23 bits per heavy atom. The Balaban J connectivity index is 1.83. The number of hydrogen-bond donors (Lipinski definition) is 1. The summed E-state index contributed by atoms with van der Waals surface area (Å²) in [7, 11) is -4.47. The van der Waals surface area contributed by atoms with Gasteiger partial charge in [-0.2, -0.15) is 0 Å². The van der Waals surface area contributed by atoms with E-state index in [1.54, 1.807) is 0 Å². The fourth-order valence-corrected chi connectivity index (χ4v) is 6.44. The second-order valence-electron chi connectivity index (χ2n) is 9.56. The summed E-state index contributed by atoms with van der Waals surface area (Å²) >= 11 is 0. The highest BCUT2D eigenvalue weighted by atomic mass is 31.2. The molecule has 0 fully saturated rings. The van der Waals surface area contributed by atoms with Crippen molar-refractivity contribution in [2.24, 2.45) is 0 Å². The van der Waals surface area contributed by atoms with Crippen molar-refractivity contribution in [3.63, 3.8) is 0 Å². The normalized spacial score (nSPS) is 13.8. The predicted octanol–water partition coefficient (Wildman–Crippen LogP) is 8.41. The Hall–Kier alpha value is -3.33. The predicted molar refractivity (Wildman–Crippen MR) is 142 cm³/mol. The molecule has 5 heteroatoms. The van der Waals surface area contributed by atoms with Crippen LogP contribution in [0.15, 0.2) is 60.7 Å². The third-order valence-electron chi connectivity index (χ3n) is 6.63. The Morgan fingerprint density at radius 1 is 0.571 bits per heavy atom. The van der Waals surface area contributed by atoms with Gasteiger partial charge in [0.15, 0.2) is 0 Å². The minimum Gasteiger partial charge on any atom is -0.394 e. The number of phosphoric ester groups is 1. The van der Waals surface area contributed by atoms with Crippen molar-refractivity contribution in [3.05, 3.63) is 94.0 Å². The highest BCUT2D eigenvalue weighted by molar-refractivity contribution is 7.48. The summed E-state index contributed by atoms with van der Waals surface area (Å²) in [4.78, 5) is 10.9. The third-order valence-corrected chi connectivity index (χ3v) is 7.45. The number of hydrogen-bond acceptors (Lipinski definition) is 3. The van der Waals surface area contributed by atoms with Gasteiger partial charge in [-0.15, -0.1) is 0 Å². The number of aryl methyl sites for hydroxylation is 6. The van der Waals surface area contributed by atoms with Crippen LogP contribution in [0.3, 0.4) is 0 Å². The molecule has 4 nitrogen and oxygen atoms in total. The molecule has 1 aliphatic rings. The summed E-state index contributed by atoms with van der Waals surface area (Å²) in [5, 5.41) is 0. The van der Waals surface area contributed by atoms with Crippen LogP contribution in [0.4, 0.5) is 0 Å². The van der Waals surface area contributed by atoms with E-state index < -0.39 is 7.82 Å². The van der Waals surface area contributed by atoms with Crippen molar-refractivity contribution in [2.45, 2.75) is 41.5 Å². The quantitative estimate of drug-likeness (QED) is 0.290. The summed E-state index contributed by atoms with van der Waals surface area (Å²) in [5.74, 6) is 0.725. The molecule has 0 radical (unpaired) electrons. The van der Waals surface area contributed by atoms with Crippen molar-refractivity contribution in [3.8, 4) is 44.9 Å². The molecule has 0 saturated heterocycles. The molecule has 0 spiro atoms. The van der Waals surface area contributed by atoms with E-state index in [4.69, 9.17) is 9.05 Å². The maximum atomic E-state index is 13.3. The van der Waals surface area contributed by atoms with Crippen molar-refractivity contribution < 1.29 is 18.5 Å². The van der Waals surface area contributed by atoms with Gasteiger partial charge in [-0.05, 0) is 74.9 Å². The van der Waals surface area contributed by atoms with Gasteiger partial charge in [-0.25, -0.2) is 4.57 Å². The Bertz CT molecular complexity index is 1390. The van der Waals surface area contributed by atoms with Crippen LogP contribution in [0.25, 0.3) is 33.4 Å². The van der Waals surface area contributed by atoms with Crippen LogP contribution in [-0.2, 0) is 4.57 Å². The highest BCUT2D eigenvalue weighted by Gasteiger charge is 2.35. The standard InChI is InChI=1S/C30H29O4P/c1-17-13-19(3)27(20(4)14-17)25-11-7-9-23-24-10-8-12-26(28-21(5)15-18(2)16-22(28)6)30(24)34-35(31,32)33-29(23)25/h7-16H,1-6H3,(H,31,32). The van der Waals surface area contributed by atoms with Gasteiger partial charge in [-0.3, -0.25) is 4.89 Å². The summed E-state index contributed by atoms with van der Waals surface area (Å²) in [6.07, 6.45) is 0. The van der Waals surface area contributed by atoms with Crippen molar-refractivity contribution in [1.29, 1.82) is 0 Å². The summed E-state index contributed by atoms with van der Waals surface area (Å²) < 4.78 is 24.9. The molecule has 178 valence electrons. The van der Waals surface area contributed by atoms with Crippen molar-refractivity contribution in [1.82, 2.24) is 0 Å². The first-order valence-corrected chi connectivity index (χ1v) is 13.2. The summed E-state index contributed by atoms with van der Waals surface area (Å²) in [5.41, 5.74) is 11.7. The molecule has 1 aliphatic heterocycles. The maximum Gasteiger partial charge on any atom is 0.584 e. The summed E-state index contributed by atoms with van der Waals surface area (Å²) in [6.45, 7) is 12.3. The lowest BCUT2D eigenvalue weighted by molar-refractivity contribution is 0.295. The molecule has 0 aliphatic carbocycles. The van der Waals surface area contributed by atoms with E-state index in [1.165, 1.54) is 11.1 Å². The molecule has 0 saturated carbocycles. The largest absolute Gasteiger partial charge is 0.584 e. The molecule has 0 bridgehead atoms. The van der Waals surface area contributed by atoms with Crippen LogP contribution >= 0.6 is 7.82 Å². The Morgan fingerprint density at radius 2 is 0.886 bits per heavy atom. The van der Waals surface area contributed by atoms with Gasteiger partial charge in [-0.1, -0.05) is 71.8 Å². The molecule has 5 rings (SSSR count). The van der Waals surface area contributed by atoms with Crippen LogP contribution in [0.2, 0.25) is 0 Å². The molecule has 1 N–H and O–H groups in total. The molecule has 35 heavy (non-hydrogen) atoms. The van der Waals surface area contributed by atoms with E-state index in [2.05, 4.69) is 65.8 Å². The van der Waals surface area contributed by atoms with Crippen LogP contribution < -0.4 is 9.05 Å². The molecule has 0 amide bonds. The topological polar surface area (TPSA) is 55.8 Å². The van der Waals surface area contributed by atoms with Gasteiger partial charge >= 0.3 is 7.82 Å². The molecule has 1 heterocycles. The monoisotopic (exact) mass is 484 g/mol. The van der Waals surface area contributed by atoms with Gasteiger partial charge in [0.05, 0.1) is 0 Å². The number of benzene rings is 4. The Labute approximate surface area is 206 Å². The lowest BCUT2D eigenvalue weighted by Gasteiger charge is -2.18. The van der Waals surface area contributed by atoms with E-state index in [9.17, 15) is 9.46 Å². The van der Waals surface area contributed by atoms with E-state index in [1.807, 2.05) is 36.4 Å². The van der Waals surface area contributed by atoms with Crippen molar-refractivity contribution in [2.75, 3.05) is 0 Å². The van der Waals surface area contributed by atoms with E-state index in [0.717, 1.165) is 55.6 Å². The van der Waals surface area contributed by atoms with Gasteiger partial charge in [0, 0.05) is 22.3 Å². The average molecular weight is 485 g/mol. The van der Waals surface area contributed by atoms with Crippen LogP contribution in [-0.4, -0.2) is 4.89 Å². The van der Waals surface area contributed by atoms with Crippen LogP contribution in [0.1, 0.15) is 33.4 Å². The summed E-state index contributed by atoms with van der Waals surface area (Å²) in [6, 6.07) is 20.1. The maximum absolute atomic E-state index is 13.3. The fraction of sp³-hybridized carbons (Fsp3) is 0.200. The number of fused-ring (bicyclic) bond motifs is 3. The first kappa shape index (κ1) is 23.4. The zero-order chi connectivity index (χ0) is 25.1. The highest BCUT2D eigenvalue weighted by Crippen LogP contribution is 2.58. The number of phosphoric acid groups is 1. The number of rotatable bonds is 2. The second-order valence-corrected chi connectivity index (χ2v) is 10.9. The molecular formula is C30H29O4P. The molecular weight excluding hydrogens is 455 g/mol. The molecule has 0 aromatic heterocycles. The molecule has 0 atom stereocenters. The lowest BCUT2D eigenvalue weighted by atomic mass is 9.88. The molecule has 4 aromatic rings. The van der Waals surface area contributed by atoms with Gasteiger partial charge in [0.1, 0.15) is 11.5 Å².